The quantitative estimate of drug-likeness (QED) is 0.284. The molecule has 2 fully saturated rings. The van der Waals surface area contributed by atoms with Gasteiger partial charge in [0.05, 0.1) is 7.11 Å². The van der Waals surface area contributed by atoms with Crippen molar-refractivity contribution in [2.75, 3.05) is 49.6 Å². The third kappa shape index (κ3) is 7.14. The Hall–Kier alpha value is -3.47. The van der Waals surface area contributed by atoms with Gasteiger partial charge in [0.25, 0.3) is 5.91 Å². The number of ether oxygens (including phenoxy) is 1. The van der Waals surface area contributed by atoms with E-state index in [2.05, 4.69) is 20.2 Å². The summed E-state index contributed by atoms with van der Waals surface area (Å²) < 4.78 is 46.4. The van der Waals surface area contributed by atoms with E-state index in [1.807, 2.05) is 35.2 Å². The third-order valence-electron chi connectivity index (χ3n) is 6.83. The summed E-state index contributed by atoms with van der Waals surface area (Å²) in [6.07, 6.45) is -2.29. The maximum absolute atomic E-state index is 13.7. The molecule has 0 radical (unpaired) electrons. The van der Waals surface area contributed by atoms with Crippen LogP contribution in [0.25, 0.3) is 0 Å². The van der Waals surface area contributed by atoms with E-state index in [0.29, 0.717) is 50.0 Å². The summed E-state index contributed by atoms with van der Waals surface area (Å²) in [5.41, 5.74) is 1.43. The fourth-order valence-corrected chi connectivity index (χ4v) is 5.18. The number of alkyl halides is 3. The van der Waals surface area contributed by atoms with Crippen molar-refractivity contribution in [2.24, 2.45) is 5.92 Å². The van der Waals surface area contributed by atoms with E-state index in [4.69, 9.17) is 4.74 Å². The number of hydrogen-bond acceptors (Lipinski definition) is 7. The number of halogens is 3. The van der Waals surface area contributed by atoms with Crippen molar-refractivity contribution in [1.82, 2.24) is 15.3 Å². The Balaban J connectivity index is 1.26. The number of carbonyl (C=O) groups is 1. The second kappa shape index (κ2) is 11.7. The highest BCUT2D eigenvalue weighted by atomic mass is 32.2. The molecular formula is C28H30F3N5O2S. The first-order chi connectivity index (χ1) is 18.8. The van der Waals surface area contributed by atoms with Crippen molar-refractivity contribution in [3.8, 4) is 5.75 Å². The van der Waals surface area contributed by atoms with E-state index in [1.54, 1.807) is 25.3 Å². The summed E-state index contributed by atoms with van der Waals surface area (Å²) in [6.45, 7) is 3.03. The Labute approximate surface area is 229 Å². The van der Waals surface area contributed by atoms with E-state index in [-0.39, 0.29) is 16.9 Å². The molecule has 1 amide bonds. The third-order valence-corrected chi connectivity index (χ3v) is 7.75. The number of rotatable bonds is 9. The Morgan fingerprint density at radius 2 is 1.74 bits per heavy atom. The van der Waals surface area contributed by atoms with Crippen molar-refractivity contribution < 1.29 is 22.7 Å². The predicted molar refractivity (Wildman–Crippen MR) is 146 cm³/mol. The molecular weight excluding hydrogens is 527 g/mol. The number of hydrogen-bond donors (Lipinski definition) is 1. The maximum atomic E-state index is 13.7. The van der Waals surface area contributed by atoms with Gasteiger partial charge in [-0.15, -0.1) is 0 Å². The van der Waals surface area contributed by atoms with Crippen LogP contribution in [-0.2, 0) is 11.9 Å². The lowest BCUT2D eigenvalue weighted by molar-refractivity contribution is -0.141. The van der Waals surface area contributed by atoms with Crippen LogP contribution < -0.4 is 19.9 Å². The van der Waals surface area contributed by atoms with Gasteiger partial charge >= 0.3 is 6.18 Å². The average molecular weight is 558 g/mol. The smallest absolute Gasteiger partial charge is 0.433 e. The molecule has 2 heterocycles. The van der Waals surface area contributed by atoms with Crippen LogP contribution in [0.15, 0.2) is 59.8 Å². The van der Waals surface area contributed by atoms with Crippen molar-refractivity contribution in [1.29, 1.82) is 0 Å². The van der Waals surface area contributed by atoms with Gasteiger partial charge in [-0.1, -0.05) is 23.9 Å². The number of amides is 1. The predicted octanol–water partition coefficient (Wildman–Crippen LogP) is 5.26. The molecule has 206 valence electrons. The summed E-state index contributed by atoms with van der Waals surface area (Å²) in [7, 11) is 1.61. The van der Waals surface area contributed by atoms with E-state index in [0.717, 1.165) is 47.7 Å². The zero-order chi connectivity index (χ0) is 27.4. The molecule has 1 N–H and O–H groups in total. The zero-order valence-corrected chi connectivity index (χ0v) is 22.4. The van der Waals surface area contributed by atoms with Gasteiger partial charge in [-0.05, 0) is 60.7 Å². The topological polar surface area (TPSA) is 70.6 Å². The van der Waals surface area contributed by atoms with Crippen LogP contribution in [-0.4, -0.2) is 55.7 Å². The van der Waals surface area contributed by atoms with E-state index >= 15 is 0 Å². The number of methoxy groups -OCH3 is 1. The minimum atomic E-state index is -4.59. The van der Waals surface area contributed by atoms with Crippen molar-refractivity contribution in [2.45, 2.75) is 29.9 Å². The van der Waals surface area contributed by atoms with Crippen LogP contribution in [0.2, 0.25) is 0 Å². The number of aromatic nitrogens is 2. The van der Waals surface area contributed by atoms with E-state index < -0.39 is 11.9 Å². The SMILES string of the molecule is COc1ccc(N2CCN(c3cc(C(F)(F)F)nc(SCc4cccc(C(=O)NCC5CC5)c4)n3)CC2)cc1. The van der Waals surface area contributed by atoms with Gasteiger partial charge in [0, 0.05) is 55.8 Å². The summed E-state index contributed by atoms with van der Waals surface area (Å²) >= 11 is 1.13. The van der Waals surface area contributed by atoms with Gasteiger partial charge in [0.15, 0.2) is 10.9 Å². The highest BCUT2D eigenvalue weighted by molar-refractivity contribution is 7.98. The summed E-state index contributed by atoms with van der Waals surface area (Å²) in [5.74, 6) is 1.81. The normalized spacial score (nSPS) is 15.8. The molecule has 2 aromatic carbocycles. The fraction of sp³-hybridized carbons (Fsp3) is 0.393. The number of nitrogens with one attached hydrogen (secondary N) is 1. The number of piperazine rings is 1. The summed E-state index contributed by atoms with van der Waals surface area (Å²) in [5, 5.41) is 2.99. The molecule has 1 saturated carbocycles. The molecule has 0 atom stereocenters. The number of anilines is 2. The second-order valence-electron chi connectivity index (χ2n) is 9.71. The highest BCUT2D eigenvalue weighted by Crippen LogP contribution is 2.33. The molecule has 1 aliphatic carbocycles. The van der Waals surface area contributed by atoms with Gasteiger partial charge in [-0.3, -0.25) is 4.79 Å². The van der Waals surface area contributed by atoms with Crippen LogP contribution in [0.4, 0.5) is 24.7 Å². The van der Waals surface area contributed by atoms with Gasteiger partial charge in [0.2, 0.25) is 0 Å². The van der Waals surface area contributed by atoms with Crippen LogP contribution in [0, 0.1) is 5.92 Å². The Kier molecular flexibility index (Phi) is 8.15. The monoisotopic (exact) mass is 557 g/mol. The fourth-order valence-electron chi connectivity index (χ4n) is 4.38. The van der Waals surface area contributed by atoms with E-state index in [9.17, 15) is 18.0 Å². The molecule has 0 spiro atoms. The van der Waals surface area contributed by atoms with E-state index in [1.165, 1.54) is 0 Å². The molecule has 39 heavy (non-hydrogen) atoms. The standard InChI is InChI=1S/C28H30F3N5O2S/c1-38-23-9-7-22(8-10-23)35-11-13-36(14-12-35)25-16-24(28(29,30)31)33-27(34-25)39-18-20-3-2-4-21(15-20)26(37)32-17-19-5-6-19/h2-4,7-10,15-16,19H,5-6,11-14,17-18H2,1H3,(H,32,37). The zero-order valence-electron chi connectivity index (χ0n) is 21.6. The Bertz CT molecular complexity index is 1290. The largest absolute Gasteiger partial charge is 0.497 e. The number of benzene rings is 2. The van der Waals surface area contributed by atoms with Gasteiger partial charge in [-0.25, -0.2) is 9.97 Å². The summed E-state index contributed by atoms with van der Waals surface area (Å²) in [4.78, 5) is 24.8. The van der Waals surface area contributed by atoms with Crippen molar-refractivity contribution >= 4 is 29.2 Å². The molecule has 3 aromatic rings. The minimum absolute atomic E-state index is 0.0565. The molecule has 11 heteroatoms. The Morgan fingerprint density at radius 3 is 2.41 bits per heavy atom. The van der Waals surface area contributed by atoms with Gasteiger partial charge in [0.1, 0.15) is 11.6 Å². The average Bonchev–Trinajstić information content (AvgIpc) is 3.79. The van der Waals surface area contributed by atoms with Crippen molar-refractivity contribution in [3.63, 3.8) is 0 Å². The molecule has 2 aliphatic rings. The maximum Gasteiger partial charge on any atom is 0.433 e. The molecule has 7 nitrogen and oxygen atoms in total. The number of nitrogens with zero attached hydrogens (tertiary/aromatic N) is 4. The first-order valence-electron chi connectivity index (χ1n) is 12.9. The lowest BCUT2D eigenvalue weighted by Crippen LogP contribution is -2.47. The molecule has 5 rings (SSSR count). The molecule has 0 unspecified atom stereocenters. The molecule has 0 bridgehead atoms. The first-order valence-corrected chi connectivity index (χ1v) is 13.9. The molecule has 1 aromatic heterocycles. The lowest BCUT2D eigenvalue weighted by Gasteiger charge is -2.37. The summed E-state index contributed by atoms with van der Waals surface area (Å²) in [6, 6.07) is 15.9. The minimum Gasteiger partial charge on any atom is -0.497 e. The Morgan fingerprint density at radius 1 is 1.03 bits per heavy atom. The molecule has 1 saturated heterocycles. The first kappa shape index (κ1) is 27.1. The van der Waals surface area contributed by atoms with Crippen LogP contribution in [0.3, 0.4) is 0 Å². The van der Waals surface area contributed by atoms with Gasteiger partial charge < -0.3 is 19.9 Å². The van der Waals surface area contributed by atoms with Crippen molar-refractivity contribution in [3.05, 3.63) is 71.4 Å². The van der Waals surface area contributed by atoms with Crippen LogP contribution >= 0.6 is 11.8 Å². The highest BCUT2D eigenvalue weighted by Gasteiger charge is 2.34. The van der Waals surface area contributed by atoms with Crippen LogP contribution in [0.5, 0.6) is 5.75 Å². The number of thioether (sulfide) groups is 1. The lowest BCUT2D eigenvalue weighted by atomic mass is 10.1. The number of carbonyl (C=O) groups excluding carboxylic acids is 1. The second-order valence-corrected chi connectivity index (χ2v) is 10.6. The van der Waals surface area contributed by atoms with Gasteiger partial charge in [-0.2, -0.15) is 13.2 Å². The molecule has 1 aliphatic heterocycles. The van der Waals surface area contributed by atoms with Crippen LogP contribution in [0.1, 0.15) is 34.5 Å².